The maximum absolute atomic E-state index is 12.8. The molecule has 1 unspecified atom stereocenters. The van der Waals surface area contributed by atoms with Crippen LogP contribution in [0.15, 0.2) is 28.1 Å². The molecule has 4 rings (SSSR count). The van der Waals surface area contributed by atoms with Gasteiger partial charge in [0.1, 0.15) is 0 Å². The van der Waals surface area contributed by atoms with Gasteiger partial charge in [-0.2, -0.15) is 0 Å². The van der Waals surface area contributed by atoms with Gasteiger partial charge < -0.3 is 9.42 Å². The summed E-state index contributed by atoms with van der Waals surface area (Å²) in [6, 6.07) is 6.52. The standard InChI is InChI=1S/C19H26N4O2S/c1-15-12-16(25-20-15)13-21-7-9-22(10-8-21)14-19(24)23-6-2-4-17(23)18-5-3-11-26-18/h3,5,11-12,17H,2,4,6-10,13-14H2,1H3. The average Bonchev–Trinajstić information content (AvgIpc) is 3.37. The van der Waals surface area contributed by atoms with Crippen LogP contribution in [0.3, 0.4) is 0 Å². The van der Waals surface area contributed by atoms with Gasteiger partial charge in [0.05, 0.1) is 24.8 Å². The number of carbonyl (C=O) groups is 1. The first-order chi connectivity index (χ1) is 12.7. The van der Waals surface area contributed by atoms with E-state index in [0.717, 1.165) is 63.6 Å². The lowest BCUT2D eigenvalue weighted by Crippen LogP contribution is -2.49. The number of aromatic nitrogens is 1. The van der Waals surface area contributed by atoms with Crippen LogP contribution in [0.2, 0.25) is 0 Å². The molecule has 2 aromatic heterocycles. The average molecular weight is 375 g/mol. The van der Waals surface area contributed by atoms with Crippen molar-refractivity contribution in [3.05, 3.63) is 39.9 Å². The molecule has 1 atom stereocenters. The zero-order valence-electron chi connectivity index (χ0n) is 15.3. The molecule has 4 heterocycles. The lowest BCUT2D eigenvalue weighted by molar-refractivity contribution is -0.133. The van der Waals surface area contributed by atoms with Gasteiger partial charge in [0.2, 0.25) is 5.91 Å². The summed E-state index contributed by atoms with van der Waals surface area (Å²) in [5, 5.41) is 6.05. The molecule has 0 bridgehead atoms. The third kappa shape index (κ3) is 4.00. The maximum atomic E-state index is 12.8. The third-order valence-electron chi connectivity index (χ3n) is 5.32. The van der Waals surface area contributed by atoms with Crippen molar-refractivity contribution < 1.29 is 9.32 Å². The molecule has 1 amide bonds. The molecule has 2 aromatic rings. The molecule has 0 spiro atoms. The van der Waals surface area contributed by atoms with Crippen LogP contribution in [-0.2, 0) is 11.3 Å². The van der Waals surface area contributed by atoms with Gasteiger partial charge in [-0.15, -0.1) is 11.3 Å². The van der Waals surface area contributed by atoms with Crippen molar-refractivity contribution in [3.63, 3.8) is 0 Å². The van der Waals surface area contributed by atoms with E-state index in [4.69, 9.17) is 4.52 Å². The molecular formula is C19H26N4O2S. The summed E-state index contributed by atoms with van der Waals surface area (Å²) in [6.07, 6.45) is 2.20. The van der Waals surface area contributed by atoms with Crippen LogP contribution in [-0.4, -0.2) is 65.0 Å². The predicted molar refractivity (Wildman–Crippen MR) is 101 cm³/mol. The van der Waals surface area contributed by atoms with Gasteiger partial charge in [-0.25, -0.2) is 0 Å². The number of thiophene rings is 1. The van der Waals surface area contributed by atoms with Crippen LogP contribution >= 0.6 is 11.3 Å². The largest absolute Gasteiger partial charge is 0.360 e. The Labute approximate surface area is 158 Å². The van der Waals surface area contributed by atoms with E-state index in [9.17, 15) is 4.79 Å². The Hall–Kier alpha value is -1.70. The highest BCUT2D eigenvalue weighted by molar-refractivity contribution is 7.10. The van der Waals surface area contributed by atoms with Crippen LogP contribution in [0.5, 0.6) is 0 Å². The molecule has 0 radical (unpaired) electrons. The Kier molecular flexibility index (Phi) is 5.38. The zero-order chi connectivity index (χ0) is 17.9. The van der Waals surface area contributed by atoms with Crippen LogP contribution in [0.25, 0.3) is 0 Å². The monoisotopic (exact) mass is 374 g/mol. The molecule has 0 saturated carbocycles. The van der Waals surface area contributed by atoms with Gasteiger partial charge >= 0.3 is 0 Å². The summed E-state index contributed by atoms with van der Waals surface area (Å²) >= 11 is 1.76. The minimum absolute atomic E-state index is 0.278. The van der Waals surface area contributed by atoms with E-state index in [-0.39, 0.29) is 5.91 Å². The van der Waals surface area contributed by atoms with E-state index in [1.54, 1.807) is 11.3 Å². The number of likely N-dealkylation sites (tertiary alicyclic amines) is 1. The molecule has 0 aliphatic carbocycles. The molecular weight excluding hydrogens is 348 g/mol. The second kappa shape index (κ2) is 7.90. The van der Waals surface area contributed by atoms with Crippen LogP contribution in [0.1, 0.15) is 35.2 Å². The van der Waals surface area contributed by atoms with Crippen molar-refractivity contribution in [3.8, 4) is 0 Å². The quantitative estimate of drug-likeness (QED) is 0.805. The second-order valence-electron chi connectivity index (χ2n) is 7.25. The first-order valence-corrected chi connectivity index (χ1v) is 10.3. The molecule has 0 aromatic carbocycles. The molecule has 7 heteroatoms. The highest BCUT2D eigenvalue weighted by Gasteiger charge is 2.31. The lowest BCUT2D eigenvalue weighted by atomic mass is 10.2. The van der Waals surface area contributed by atoms with Gasteiger partial charge in [-0.1, -0.05) is 11.2 Å². The minimum Gasteiger partial charge on any atom is -0.360 e. The van der Waals surface area contributed by atoms with Crippen molar-refractivity contribution in [2.75, 3.05) is 39.3 Å². The fourth-order valence-electron chi connectivity index (χ4n) is 3.94. The third-order valence-corrected chi connectivity index (χ3v) is 6.30. The minimum atomic E-state index is 0.278. The highest BCUT2D eigenvalue weighted by atomic mass is 32.1. The zero-order valence-corrected chi connectivity index (χ0v) is 16.1. The number of nitrogens with zero attached hydrogens (tertiary/aromatic N) is 4. The van der Waals surface area contributed by atoms with Crippen LogP contribution in [0.4, 0.5) is 0 Å². The number of hydrogen-bond donors (Lipinski definition) is 0. The Morgan fingerprint density at radius 1 is 1.27 bits per heavy atom. The van der Waals surface area contributed by atoms with Gasteiger partial charge in [-0.05, 0) is 31.2 Å². The fourth-order valence-corrected chi connectivity index (χ4v) is 4.81. The van der Waals surface area contributed by atoms with E-state index >= 15 is 0 Å². The van der Waals surface area contributed by atoms with Crippen molar-refractivity contribution >= 4 is 17.2 Å². The smallest absolute Gasteiger partial charge is 0.237 e. The first-order valence-electron chi connectivity index (χ1n) is 9.39. The molecule has 2 aliphatic rings. The number of rotatable bonds is 5. The summed E-state index contributed by atoms with van der Waals surface area (Å²) in [4.78, 5) is 20.9. The molecule has 2 saturated heterocycles. The van der Waals surface area contributed by atoms with E-state index in [2.05, 4.69) is 37.4 Å². The van der Waals surface area contributed by atoms with Crippen molar-refractivity contribution in [2.24, 2.45) is 0 Å². The molecule has 2 aliphatic heterocycles. The summed E-state index contributed by atoms with van der Waals surface area (Å²) in [6.45, 7) is 7.95. The van der Waals surface area contributed by atoms with Crippen molar-refractivity contribution in [1.82, 2.24) is 19.9 Å². The van der Waals surface area contributed by atoms with Gasteiger partial charge in [0, 0.05) is 43.7 Å². The van der Waals surface area contributed by atoms with Crippen molar-refractivity contribution in [2.45, 2.75) is 32.4 Å². The molecule has 0 N–H and O–H groups in total. The Morgan fingerprint density at radius 2 is 2.08 bits per heavy atom. The second-order valence-corrected chi connectivity index (χ2v) is 8.23. The molecule has 26 heavy (non-hydrogen) atoms. The number of hydrogen-bond acceptors (Lipinski definition) is 6. The van der Waals surface area contributed by atoms with Crippen LogP contribution in [0, 0.1) is 6.92 Å². The Balaban J connectivity index is 1.26. The normalized spacial score (nSPS) is 22.2. The summed E-state index contributed by atoms with van der Waals surface area (Å²) in [5.41, 5.74) is 0.926. The summed E-state index contributed by atoms with van der Waals surface area (Å²) in [5.74, 6) is 1.20. The SMILES string of the molecule is Cc1cc(CN2CCN(CC(=O)N3CCCC3c3cccs3)CC2)on1. The van der Waals surface area contributed by atoms with E-state index in [0.29, 0.717) is 12.6 Å². The number of amides is 1. The predicted octanol–water partition coefficient (Wildman–Crippen LogP) is 2.53. The summed E-state index contributed by atoms with van der Waals surface area (Å²) in [7, 11) is 0. The number of aryl methyl sites for hydroxylation is 1. The van der Waals surface area contributed by atoms with Gasteiger partial charge in [0.25, 0.3) is 0 Å². The highest BCUT2D eigenvalue weighted by Crippen LogP contribution is 2.34. The Bertz CT molecular complexity index is 722. The van der Waals surface area contributed by atoms with Gasteiger partial charge in [0.15, 0.2) is 5.76 Å². The van der Waals surface area contributed by atoms with E-state index in [1.165, 1.54) is 4.88 Å². The van der Waals surface area contributed by atoms with Crippen LogP contribution < -0.4 is 0 Å². The molecule has 2 fully saturated rings. The molecule has 6 nitrogen and oxygen atoms in total. The van der Waals surface area contributed by atoms with E-state index < -0.39 is 0 Å². The van der Waals surface area contributed by atoms with Crippen molar-refractivity contribution in [1.29, 1.82) is 0 Å². The summed E-state index contributed by atoms with van der Waals surface area (Å²) < 4.78 is 5.31. The topological polar surface area (TPSA) is 52.8 Å². The number of carbonyl (C=O) groups excluding carboxylic acids is 1. The Morgan fingerprint density at radius 3 is 2.77 bits per heavy atom. The van der Waals surface area contributed by atoms with E-state index in [1.807, 2.05) is 13.0 Å². The van der Waals surface area contributed by atoms with Gasteiger partial charge in [-0.3, -0.25) is 14.6 Å². The first kappa shape index (κ1) is 17.7. The fraction of sp³-hybridized carbons (Fsp3) is 0.579. The molecule has 140 valence electrons. The maximum Gasteiger partial charge on any atom is 0.237 e. The lowest BCUT2D eigenvalue weighted by Gasteiger charge is -2.35. The number of piperazine rings is 1.